The van der Waals surface area contributed by atoms with Crippen LogP contribution in [-0.2, 0) is 4.74 Å². The van der Waals surface area contributed by atoms with Gasteiger partial charge in [-0.25, -0.2) is 4.39 Å². The van der Waals surface area contributed by atoms with Crippen molar-refractivity contribution in [1.82, 2.24) is 5.32 Å². The normalized spacial score (nSPS) is 12.7. The minimum atomic E-state index is -0.189. The highest BCUT2D eigenvalue weighted by molar-refractivity contribution is 5.29. The Balaban J connectivity index is 2.82. The summed E-state index contributed by atoms with van der Waals surface area (Å²) in [4.78, 5) is 0. The average molecular weight is 239 g/mol. The predicted molar refractivity (Wildman–Crippen MR) is 68.7 cm³/mol. The number of hydrogen-bond donors (Lipinski definition) is 1. The predicted octanol–water partition coefficient (Wildman–Crippen LogP) is 3.21. The van der Waals surface area contributed by atoms with Crippen molar-refractivity contribution < 1.29 is 9.13 Å². The average Bonchev–Trinajstić information content (AvgIpc) is 2.33. The van der Waals surface area contributed by atoms with Crippen molar-refractivity contribution in [3.05, 3.63) is 35.1 Å². The Bertz CT molecular complexity index is 333. The maximum absolute atomic E-state index is 13.3. The first-order valence-corrected chi connectivity index (χ1v) is 6.26. The lowest BCUT2D eigenvalue weighted by Gasteiger charge is -2.20. The summed E-state index contributed by atoms with van der Waals surface area (Å²) in [6, 6.07) is 4.99. The smallest absolute Gasteiger partial charge is 0.123 e. The molecule has 0 saturated heterocycles. The summed E-state index contributed by atoms with van der Waals surface area (Å²) in [6.45, 7) is 8.26. The standard InChI is InChI=1S/C14H22FNO/c1-4-8-16-14(10-17-5-2)13-9-12(15)7-6-11(13)3/h6-7,9,14,16H,4-5,8,10H2,1-3H3. The zero-order valence-corrected chi connectivity index (χ0v) is 10.9. The topological polar surface area (TPSA) is 21.3 Å². The lowest BCUT2D eigenvalue weighted by molar-refractivity contribution is 0.122. The van der Waals surface area contributed by atoms with Crippen molar-refractivity contribution in [3.63, 3.8) is 0 Å². The van der Waals surface area contributed by atoms with E-state index >= 15 is 0 Å². The molecular formula is C14H22FNO. The third kappa shape index (κ3) is 4.44. The molecule has 0 heterocycles. The van der Waals surface area contributed by atoms with E-state index in [0.29, 0.717) is 13.2 Å². The van der Waals surface area contributed by atoms with Gasteiger partial charge in [0, 0.05) is 6.61 Å². The molecule has 0 aliphatic heterocycles. The molecule has 17 heavy (non-hydrogen) atoms. The summed E-state index contributed by atoms with van der Waals surface area (Å²) in [5.74, 6) is -0.189. The van der Waals surface area contributed by atoms with Crippen LogP contribution in [0.5, 0.6) is 0 Å². The largest absolute Gasteiger partial charge is 0.380 e. The summed E-state index contributed by atoms with van der Waals surface area (Å²) in [7, 11) is 0. The van der Waals surface area contributed by atoms with E-state index in [1.807, 2.05) is 19.9 Å². The van der Waals surface area contributed by atoms with Crippen molar-refractivity contribution in [2.75, 3.05) is 19.8 Å². The van der Waals surface area contributed by atoms with Crippen LogP contribution in [0.3, 0.4) is 0 Å². The molecule has 0 amide bonds. The van der Waals surface area contributed by atoms with Gasteiger partial charge in [-0.1, -0.05) is 13.0 Å². The minimum Gasteiger partial charge on any atom is -0.380 e. The summed E-state index contributed by atoms with van der Waals surface area (Å²) in [6.07, 6.45) is 1.05. The third-order valence-electron chi connectivity index (χ3n) is 2.75. The SMILES string of the molecule is CCCNC(COCC)c1cc(F)ccc1C. The van der Waals surface area contributed by atoms with Crippen molar-refractivity contribution in [2.24, 2.45) is 0 Å². The monoisotopic (exact) mass is 239 g/mol. The number of hydrogen-bond acceptors (Lipinski definition) is 2. The Morgan fingerprint density at radius 2 is 2.12 bits per heavy atom. The second-order valence-corrected chi connectivity index (χ2v) is 4.17. The summed E-state index contributed by atoms with van der Waals surface area (Å²) < 4.78 is 18.7. The molecule has 1 N–H and O–H groups in total. The molecule has 0 bridgehead atoms. The van der Waals surface area contributed by atoms with Crippen molar-refractivity contribution in [2.45, 2.75) is 33.2 Å². The van der Waals surface area contributed by atoms with Gasteiger partial charge >= 0.3 is 0 Å². The molecule has 0 radical (unpaired) electrons. The number of aryl methyl sites for hydroxylation is 1. The zero-order chi connectivity index (χ0) is 12.7. The molecule has 3 heteroatoms. The fraction of sp³-hybridized carbons (Fsp3) is 0.571. The van der Waals surface area contributed by atoms with Crippen LogP contribution >= 0.6 is 0 Å². The van der Waals surface area contributed by atoms with E-state index in [0.717, 1.165) is 24.1 Å². The Kier molecular flexibility index (Phi) is 6.16. The lowest BCUT2D eigenvalue weighted by atomic mass is 10.0. The van der Waals surface area contributed by atoms with E-state index in [1.54, 1.807) is 6.07 Å². The first-order chi connectivity index (χ1) is 8.19. The number of benzene rings is 1. The second-order valence-electron chi connectivity index (χ2n) is 4.17. The van der Waals surface area contributed by atoms with Gasteiger partial charge in [0.15, 0.2) is 0 Å². The lowest BCUT2D eigenvalue weighted by Crippen LogP contribution is -2.27. The fourth-order valence-electron chi connectivity index (χ4n) is 1.80. The van der Waals surface area contributed by atoms with E-state index in [-0.39, 0.29) is 11.9 Å². The zero-order valence-electron chi connectivity index (χ0n) is 10.9. The van der Waals surface area contributed by atoms with Crippen molar-refractivity contribution in [1.29, 1.82) is 0 Å². The maximum atomic E-state index is 13.3. The molecule has 96 valence electrons. The van der Waals surface area contributed by atoms with Gasteiger partial charge in [0.05, 0.1) is 12.6 Å². The molecule has 1 rings (SSSR count). The Morgan fingerprint density at radius 3 is 2.76 bits per heavy atom. The number of nitrogens with one attached hydrogen (secondary N) is 1. The van der Waals surface area contributed by atoms with E-state index in [9.17, 15) is 4.39 Å². The first-order valence-electron chi connectivity index (χ1n) is 6.26. The van der Waals surface area contributed by atoms with Gasteiger partial charge in [0.25, 0.3) is 0 Å². The molecule has 0 fully saturated rings. The molecule has 0 aromatic heterocycles. The number of ether oxygens (including phenoxy) is 1. The van der Waals surface area contributed by atoms with Crippen molar-refractivity contribution in [3.8, 4) is 0 Å². The molecule has 1 aromatic rings. The van der Waals surface area contributed by atoms with Crippen LogP contribution in [0.2, 0.25) is 0 Å². The van der Waals surface area contributed by atoms with E-state index in [1.165, 1.54) is 6.07 Å². The molecule has 0 aliphatic rings. The summed E-state index contributed by atoms with van der Waals surface area (Å²) in [5, 5.41) is 3.40. The van der Waals surface area contributed by atoms with Gasteiger partial charge in [-0.05, 0) is 50.1 Å². The fourth-order valence-corrected chi connectivity index (χ4v) is 1.80. The molecule has 1 atom stereocenters. The van der Waals surface area contributed by atoms with Crippen LogP contribution in [0.4, 0.5) is 4.39 Å². The second kappa shape index (κ2) is 7.41. The molecular weight excluding hydrogens is 217 g/mol. The molecule has 0 saturated carbocycles. The van der Waals surface area contributed by atoms with Crippen LogP contribution < -0.4 is 5.32 Å². The van der Waals surface area contributed by atoms with Gasteiger partial charge in [-0.3, -0.25) is 0 Å². The Hall–Kier alpha value is -0.930. The maximum Gasteiger partial charge on any atom is 0.123 e. The first kappa shape index (κ1) is 14.1. The van der Waals surface area contributed by atoms with Crippen molar-refractivity contribution >= 4 is 0 Å². The Morgan fingerprint density at radius 1 is 1.35 bits per heavy atom. The van der Waals surface area contributed by atoms with Crippen LogP contribution in [-0.4, -0.2) is 19.8 Å². The van der Waals surface area contributed by atoms with Crippen LogP contribution in [0.25, 0.3) is 0 Å². The van der Waals surface area contributed by atoms with Crippen LogP contribution in [0.15, 0.2) is 18.2 Å². The van der Waals surface area contributed by atoms with Gasteiger partial charge in [-0.15, -0.1) is 0 Å². The highest BCUT2D eigenvalue weighted by Crippen LogP contribution is 2.19. The van der Waals surface area contributed by atoms with E-state index < -0.39 is 0 Å². The number of halogens is 1. The molecule has 2 nitrogen and oxygen atoms in total. The summed E-state index contributed by atoms with van der Waals surface area (Å²) >= 11 is 0. The summed E-state index contributed by atoms with van der Waals surface area (Å²) in [5.41, 5.74) is 2.09. The van der Waals surface area contributed by atoms with Gasteiger partial charge in [0.2, 0.25) is 0 Å². The van der Waals surface area contributed by atoms with Gasteiger partial charge in [0.1, 0.15) is 5.82 Å². The van der Waals surface area contributed by atoms with Crippen LogP contribution in [0.1, 0.15) is 37.4 Å². The van der Waals surface area contributed by atoms with Crippen LogP contribution in [0, 0.1) is 12.7 Å². The highest BCUT2D eigenvalue weighted by atomic mass is 19.1. The third-order valence-corrected chi connectivity index (χ3v) is 2.75. The quantitative estimate of drug-likeness (QED) is 0.789. The minimum absolute atomic E-state index is 0.0746. The molecule has 1 unspecified atom stereocenters. The van der Waals surface area contributed by atoms with E-state index in [4.69, 9.17) is 4.74 Å². The Labute approximate surface area is 103 Å². The van der Waals surface area contributed by atoms with Gasteiger partial charge in [-0.2, -0.15) is 0 Å². The highest BCUT2D eigenvalue weighted by Gasteiger charge is 2.13. The molecule has 1 aromatic carbocycles. The molecule has 0 spiro atoms. The van der Waals surface area contributed by atoms with E-state index in [2.05, 4.69) is 12.2 Å². The van der Waals surface area contributed by atoms with Gasteiger partial charge < -0.3 is 10.1 Å². The molecule has 0 aliphatic carbocycles. The number of rotatable bonds is 7.